The van der Waals surface area contributed by atoms with E-state index in [4.69, 9.17) is 10.2 Å². The van der Waals surface area contributed by atoms with Gasteiger partial charge in [0.1, 0.15) is 5.92 Å². The number of aliphatic carboxylic acids is 2. The van der Waals surface area contributed by atoms with E-state index in [1.54, 1.807) is 29.9 Å². The van der Waals surface area contributed by atoms with E-state index < -0.39 is 24.3 Å². The SMILES string of the molecule is Cn1cccc1C(CC(=O)O)C(=O)O. The molecule has 0 aromatic carbocycles. The lowest BCUT2D eigenvalue weighted by atomic mass is 10.0. The number of carboxylic acids is 2. The second-order valence-corrected chi connectivity index (χ2v) is 3.03. The molecule has 0 saturated carbocycles. The van der Waals surface area contributed by atoms with Crippen LogP contribution in [0.15, 0.2) is 18.3 Å². The third-order valence-corrected chi connectivity index (χ3v) is 2.02. The summed E-state index contributed by atoms with van der Waals surface area (Å²) >= 11 is 0. The van der Waals surface area contributed by atoms with Gasteiger partial charge >= 0.3 is 11.9 Å². The van der Waals surface area contributed by atoms with Crippen LogP contribution in [0.2, 0.25) is 0 Å². The van der Waals surface area contributed by atoms with Gasteiger partial charge in [-0.15, -0.1) is 0 Å². The topological polar surface area (TPSA) is 79.5 Å². The molecule has 0 fully saturated rings. The fraction of sp³-hybridized carbons (Fsp3) is 0.333. The number of hydrogen-bond acceptors (Lipinski definition) is 2. The molecule has 1 aromatic rings. The average Bonchev–Trinajstić information content (AvgIpc) is 2.46. The second-order valence-electron chi connectivity index (χ2n) is 3.03. The van der Waals surface area contributed by atoms with Crippen molar-refractivity contribution < 1.29 is 19.8 Å². The molecule has 0 amide bonds. The van der Waals surface area contributed by atoms with E-state index in [-0.39, 0.29) is 0 Å². The van der Waals surface area contributed by atoms with Crippen molar-refractivity contribution in [1.82, 2.24) is 4.57 Å². The maximum absolute atomic E-state index is 10.8. The highest BCUT2D eigenvalue weighted by Gasteiger charge is 2.24. The summed E-state index contributed by atoms with van der Waals surface area (Å²) in [5.41, 5.74) is 0.500. The maximum Gasteiger partial charge on any atom is 0.313 e. The Balaban J connectivity index is 2.94. The largest absolute Gasteiger partial charge is 0.481 e. The van der Waals surface area contributed by atoms with E-state index in [9.17, 15) is 9.59 Å². The van der Waals surface area contributed by atoms with E-state index in [2.05, 4.69) is 0 Å². The first kappa shape index (κ1) is 10.3. The van der Waals surface area contributed by atoms with Gasteiger partial charge in [-0.1, -0.05) is 0 Å². The molecule has 0 radical (unpaired) electrons. The standard InChI is InChI=1S/C9H11NO4/c1-10-4-2-3-7(10)6(9(13)14)5-8(11)12/h2-4,6H,5H2,1H3,(H,11,12)(H,13,14). The summed E-state index contributed by atoms with van der Waals surface area (Å²) in [4.78, 5) is 21.3. The molecular formula is C9H11NO4. The van der Waals surface area contributed by atoms with Gasteiger partial charge in [-0.2, -0.15) is 0 Å². The Morgan fingerprint density at radius 1 is 1.50 bits per heavy atom. The Morgan fingerprint density at radius 3 is 2.50 bits per heavy atom. The zero-order valence-electron chi connectivity index (χ0n) is 7.67. The van der Waals surface area contributed by atoms with Gasteiger partial charge in [-0.3, -0.25) is 9.59 Å². The molecule has 1 atom stereocenters. The van der Waals surface area contributed by atoms with E-state index in [1.807, 2.05) is 0 Å². The number of aryl methyl sites for hydroxylation is 1. The van der Waals surface area contributed by atoms with E-state index in [1.165, 1.54) is 0 Å². The molecule has 0 aliphatic rings. The molecule has 1 aromatic heterocycles. The van der Waals surface area contributed by atoms with Crippen LogP contribution in [0.3, 0.4) is 0 Å². The van der Waals surface area contributed by atoms with Crippen molar-refractivity contribution >= 4 is 11.9 Å². The Labute approximate surface area is 80.6 Å². The molecule has 14 heavy (non-hydrogen) atoms. The lowest BCUT2D eigenvalue weighted by molar-refractivity contribution is -0.145. The highest BCUT2D eigenvalue weighted by atomic mass is 16.4. The molecule has 0 aliphatic heterocycles. The van der Waals surface area contributed by atoms with Gasteiger partial charge in [0.25, 0.3) is 0 Å². The van der Waals surface area contributed by atoms with Crippen molar-refractivity contribution in [3.05, 3.63) is 24.0 Å². The number of nitrogens with zero attached hydrogens (tertiary/aromatic N) is 1. The zero-order valence-corrected chi connectivity index (χ0v) is 7.67. The molecule has 0 saturated heterocycles. The Morgan fingerprint density at radius 2 is 2.14 bits per heavy atom. The lowest BCUT2D eigenvalue weighted by Crippen LogP contribution is -2.18. The quantitative estimate of drug-likeness (QED) is 0.743. The summed E-state index contributed by atoms with van der Waals surface area (Å²) in [6.45, 7) is 0. The summed E-state index contributed by atoms with van der Waals surface area (Å²) in [6, 6.07) is 3.30. The van der Waals surface area contributed by atoms with Crippen LogP contribution in [-0.2, 0) is 16.6 Å². The smallest absolute Gasteiger partial charge is 0.313 e. The molecule has 1 unspecified atom stereocenters. The molecule has 1 rings (SSSR count). The minimum Gasteiger partial charge on any atom is -0.481 e. The van der Waals surface area contributed by atoms with Crippen molar-refractivity contribution in [1.29, 1.82) is 0 Å². The van der Waals surface area contributed by atoms with Crippen LogP contribution in [0, 0.1) is 0 Å². The van der Waals surface area contributed by atoms with Gasteiger partial charge in [0, 0.05) is 18.9 Å². The van der Waals surface area contributed by atoms with Gasteiger partial charge in [-0.05, 0) is 12.1 Å². The van der Waals surface area contributed by atoms with Crippen LogP contribution in [-0.4, -0.2) is 26.7 Å². The second kappa shape index (κ2) is 3.95. The van der Waals surface area contributed by atoms with Crippen LogP contribution < -0.4 is 0 Å². The number of hydrogen-bond donors (Lipinski definition) is 2. The van der Waals surface area contributed by atoms with Crippen LogP contribution in [0.5, 0.6) is 0 Å². The van der Waals surface area contributed by atoms with E-state index in [0.29, 0.717) is 5.69 Å². The Bertz CT molecular complexity index is 355. The van der Waals surface area contributed by atoms with Gasteiger partial charge in [-0.25, -0.2) is 0 Å². The van der Waals surface area contributed by atoms with Crippen molar-refractivity contribution in [2.45, 2.75) is 12.3 Å². The normalized spacial score (nSPS) is 12.4. The first-order valence-electron chi connectivity index (χ1n) is 4.08. The van der Waals surface area contributed by atoms with Gasteiger partial charge < -0.3 is 14.8 Å². The molecule has 5 heteroatoms. The third-order valence-electron chi connectivity index (χ3n) is 2.02. The third kappa shape index (κ3) is 2.12. The maximum atomic E-state index is 10.8. The molecule has 2 N–H and O–H groups in total. The van der Waals surface area contributed by atoms with Crippen LogP contribution in [0.25, 0.3) is 0 Å². The first-order valence-corrected chi connectivity index (χ1v) is 4.08. The van der Waals surface area contributed by atoms with Crippen molar-refractivity contribution in [3.8, 4) is 0 Å². The molecule has 0 spiro atoms. The summed E-state index contributed by atoms with van der Waals surface area (Å²) in [6.07, 6.45) is 1.29. The Kier molecular flexibility index (Phi) is 2.91. The summed E-state index contributed by atoms with van der Waals surface area (Å²) < 4.78 is 1.61. The van der Waals surface area contributed by atoms with Gasteiger partial charge in [0.05, 0.1) is 6.42 Å². The fourth-order valence-corrected chi connectivity index (χ4v) is 1.33. The number of carbonyl (C=O) groups is 2. The number of rotatable bonds is 4. The highest BCUT2D eigenvalue weighted by molar-refractivity contribution is 5.82. The zero-order chi connectivity index (χ0) is 10.7. The molecule has 0 bridgehead atoms. The number of carboxylic acid groups (broad SMARTS) is 2. The van der Waals surface area contributed by atoms with Crippen LogP contribution in [0.4, 0.5) is 0 Å². The first-order chi connectivity index (χ1) is 6.52. The van der Waals surface area contributed by atoms with Crippen molar-refractivity contribution in [2.24, 2.45) is 7.05 Å². The lowest BCUT2D eigenvalue weighted by Gasteiger charge is -2.10. The van der Waals surface area contributed by atoms with Crippen molar-refractivity contribution in [2.75, 3.05) is 0 Å². The molecule has 5 nitrogen and oxygen atoms in total. The fourth-order valence-electron chi connectivity index (χ4n) is 1.33. The minimum atomic E-state index is -1.12. The van der Waals surface area contributed by atoms with E-state index >= 15 is 0 Å². The van der Waals surface area contributed by atoms with Gasteiger partial charge in [0.15, 0.2) is 0 Å². The molecule has 0 aliphatic carbocycles. The van der Waals surface area contributed by atoms with E-state index in [0.717, 1.165) is 0 Å². The predicted octanol–water partition coefficient (Wildman–Crippen LogP) is 0.668. The summed E-state index contributed by atoms with van der Waals surface area (Å²) in [5.74, 6) is -3.21. The highest BCUT2D eigenvalue weighted by Crippen LogP contribution is 2.19. The molecule has 76 valence electrons. The monoisotopic (exact) mass is 197 g/mol. The minimum absolute atomic E-state index is 0.396. The Hall–Kier alpha value is -1.78. The predicted molar refractivity (Wildman–Crippen MR) is 48.0 cm³/mol. The van der Waals surface area contributed by atoms with Crippen LogP contribution >= 0.6 is 0 Å². The molecule has 1 heterocycles. The van der Waals surface area contributed by atoms with Gasteiger partial charge in [0.2, 0.25) is 0 Å². The van der Waals surface area contributed by atoms with Crippen molar-refractivity contribution in [3.63, 3.8) is 0 Å². The molecular weight excluding hydrogens is 186 g/mol. The average molecular weight is 197 g/mol. The van der Waals surface area contributed by atoms with Crippen LogP contribution in [0.1, 0.15) is 18.0 Å². The number of aromatic nitrogens is 1. The summed E-state index contributed by atoms with van der Waals surface area (Å²) in [5, 5.41) is 17.4. The summed E-state index contributed by atoms with van der Waals surface area (Å²) in [7, 11) is 1.69.